The Morgan fingerprint density at radius 3 is 1.82 bits per heavy atom. The van der Waals surface area contributed by atoms with Gasteiger partial charge in [0.2, 0.25) is 0 Å². The first kappa shape index (κ1) is 13.2. The zero-order valence-electron chi connectivity index (χ0n) is 12.2. The van der Waals surface area contributed by atoms with Crippen LogP contribution in [0.3, 0.4) is 0 Å². The van der Waals surface area contributed by atoms with Gasteiger partial charge in [0.25, 0.3) is 0 Å². The molecule has 2 aliphatic heterocycles. The second-order valence-electron chi connectivity index (χ2n) is 7.02. The summed E-state index contributed by atoms with van der Waals surface area (Å²) in [5.74, 6) is 3.75. The highest BCUT2D eigenvalue weighted by Crippen LogP contribution is 2.52. The highest BCUT2D eigenvalue weighted by molar-refractivity contribution is 6.64. The largest absolute Gasteiger partial charge is 0.154 e. The van der Waals surface area contributed by atoms with Crippen LogP contribution in [-0.2, 0) is 0 Å². The van der Waals surface area contributed by atoms with Crippen LogP contribution in [0.1, 0.15) is 66.2 Å². The van der Waals surface area contributed by atoms with Crippen molar-refractivity contribution in [3.05, 3.63) is 11.6 Å². The fourth-order valence-electron chi connectivity index (χ4n) is 4.49. The van der Waals surface area contributed by atoms with E-state index in [9.17, 15) is 0 Å². The van der Waals surface area contributed by atoms with Crippen molar-refractivity contribution in [2.45, 2.75) is 83.7 Å². The molecular weight excluding hydrogens is 203 g/mol. The third kappa shape index (κ3) is 2.98. The van der Waals surface area contributed by atoms with Crippen LogP contribution >= 0.6 is 0 Å². The Hall–Kier alpha value is -0.195. The summed E-state index contributed by atoms with van der Waals surface area (Å²) in [6, 6.07) is 0. The molecule has 0 aromatic rings. The minimum Gasteiger partial charge on any atom is -0.0897 e. The van der Waals surface area contributed by atoms with Crippen molar-refractivity contribution in [3.8, 4) is 0 Å². The minimum atomic E-state index is 0.816. The summed E-state index contributed by atoms with van der Waals surface area (Å²) in [5.41, 5.74) is 1.52. The molecule has 0 spiro atoms. The number of rotatable bonds is 3. The Morgan fingerprint density at radius 2 is 1.47 bits per heavy atom. The van der Waals surface area contributed by atoms with Gasteiger partial charge in [0.05, 0.1) is 0 Å². The first-order valence-electron chi connectivity index (χ1n) is 7.74. The first-order chi connectivity index (χ1) is 8.09. The van der Waals surface area contributed by atoms with Gasteiger partial charge in [0.15, 0.2) is 6.71 Å². The lowest BCUT2D eigenvalue weighted by Crippen LogP contribution is -2.39. The molecule has 0 N–H and O–H groups in total. The van der Waals surface area contributed by atoms with E-state index in [2.05, 4.69) is 33.8 Å². The van der Waals surface area contributed by atoms with Crippen molar-refractivity contribution < 1.29 is 0 Å². The van der Waals surface area contributed by atoms with E-state index in [0.29, 0.717) is 0 Å². The summed E-state index contributed by atoms with van der Waals surface area (Å²) < 4.78 is 0. The van der Waals surface area contributed by atoms with Crippen molar-refractivity contribution in [1.29, 1.82) is 0 Å². The van der Waals surface area contributed by atoms with Gasteiger partial charge in [-0.25, -0.2) is 0 Å². The molecule has 2 heterocycles. The summed E-state index contributed by atoms with van der Waals surface area (Å²) in [5, 5.41) is 0. The molecule has 0 nitrogen and oxygen atoms in total. The normalized spacial score (nSPS) is 30.3. The van der Waals surface area contributed by atoms with Gasteiger partial charge in [-0.15, -0.1) is 0 Å². The lowest BCUT2D eigenvalue weighted by molar-refractivity contribution is 0.429. The number of allylic oxidation sites excluding steroid dienone is 2. The standard InChI is InChI=1S/C16H29B/c1-12(2)11-16(13(3)4)17-14-7-5-8-15(17)10-6-9-14/h11,13-16H,5-10H2,1-4H3/t14?,15?,16-/m0/s1. The molecule has 2 rings (SSSR count). The lowest BCUT2D eigenvalue weighted by Gasteiger charge is -2.45. The maximum atomic E-state index is 2.59. The lowest BCUT2D eigenvalue weighted by atomic mass is 9.21. The van der Waals surface area contributed by atoms with Crippen LogP contribution in [0.5, 0.6) is 0 Å². The van der Waals surface area contributed by atoms with Crippen LogP contribution in [0.4, 0.5) is 0 Å². The summed E-state index contributed by atoms with van der Waals surface area (Å²) in [7, 11) is 0. The molecule has 0 unspecified atom stereocenters. The van der Waals surface area contributed by atoms with Gasteiger partial charge >= 0.3 is 0 Å². The molecule has 1 atom stereocenters. The van der Waals surface area contributed by atoms with E-state index in [1.54, 1.807) is 0 Å². The Morgan fingerprint density at radius 1 is 1.00 bits per heavy atom. The van der Waals surface area contributed by atoms with Crippen LogP contribution in [0.15, 0.2) is 11.6 Å². The molecule has 0 radical (unpaired) electrons. The Bertz CT molecular complexity index is 253. The van der Waals surface area contributed by atoms with E-state index in [1.165, 1.54) is 44.1 Å². The fraction of sp³-hybridized carbons (Fsp3) is 0.875. The van der Waals surface area contributed by atoms with E-state index >= 15 is 0 Å². The molecule has 0 aliphatic carbocycles. The monoisotopic (exact) mass is 232 g/mol. The summed E-state index contributed by atoms with van der Waals surface area (Å²) in [6.45, 7) is 10.4. The van der Waals surface area contributed by atoms with Crippen LogP contribution in [-0.4, -0.2) is 6.71 Å². The van der Waals surface area contributed by atoms with Crippen LogP contribution in [0, 0.1) is 5.92 Å². The molecule has 0 aromatic heterocycles. The van der Waals surface area contributed by atoms with Crippen molar-refractivity contribution in [2.75, 3.05) is 0 Å². The number of hydrogen-bond donors (Lipinski definition) is 0. The quantitative estimate of drug-likeness (QED) is 0.440. The van der Waals surface area contributed by atoms with Gasteiger partial charge in [-0.3, -0.25) is 0 Å². The predicted molar refractivity (Wildman–Crippen MR) is 79.0 cm³/mol. The molecule has 1 heteroatoms. The van der Waals surface area contributed by atoms with Crippen LogP contribution in [0.25, 0.3) is 0 Å². The van der Waals surface area contributed by atoms with Crippen molar-refractivity contribution >= 4 is 6.71 Å². The second kappa shape index (κ2) is 5.63. The van der Waals surface area contributed by atoms with E-state index in [0.717, 1.165) is 30.1 Å². The van der Waals surface area contributed by atoms with E-state index in [4.69, 9.17) is 0 Å². The van der Waals surface area contributed by atoms with Crippen molar-refractivity contribution in [1.82, 2.24) is 0 Å². The van der Waals surface area contributed by atoms with Gasteiger partial charge < -0.3 is 0 Å². The molecule has 2 saturated heterocycles. The third-order valence-corrected chi connectivity index (χ3v) is 5.13. The maximum absolute atomic E-state index is 2.59. The third-order valence-electron chi connectivity index (χ3n) is 5.13. The second-order valence-corrected chi connectivity index (χ2v) is 7.02. The van der Waals surface area contributed by atoms with Gasteiger partial charge in [-0.2, -0.15) is 0 Å². The average Bonchev–Trinajstić information content (AvgIpc) is 2.24. The van der Waals surface area contributed by atoms with Gasteiger partial charge in [0.1, 0.15) is 0 Å². The molecule has 2 fully saturated rings. The number of fused-ring (bicyclic) bond motifs is 2. The summed E-state index contributed by atoms with van der Waals surface area (Å²) >= 11 is 0. The SMILES string of the molecule is CC(C)=C[C@H](B1C2CCCC1CCC2)C(C)C. The molecule has 0 saturated carbocycles. The van der Waals surface area contributed by atoms with Crippen LogP contribution in [0.2, 0.25) is 17.5 Å². The van der Waals surface area contributed by atoms with E-state index < -0.39 is 0 Å². The van der Waals surface area contributed by atoms with E-state index in [-0.39, 0.29) is 0 Å². The first-order valence-corrected chi connectivity index (χ1v) is 7.74. The Labute approximate surface area is 108 Å². The van der Waals surface area contributed by atoms with Crippen molar-refractivity contribution in [2.24, 2.45) is 5.92 Å². The van der Waals surface area contributed by atoms with Gasteiger partial charge in [0, 0.05) is 0 Å². The molecule has 0 aromatic carbocycles. The number of hydrogen-bond acceptors (Lipinski definition) is 0. The van der Waals surface area contributed by atoms with Gasteiger partial charge in [-0.05, 0) is 25.6 Å². The molecule has 2 bridgehead atoms. The fourth-order valence-corrected chi connectivity index (χ4v) is 4.49. The zero-order chi connectivity index (χ0) is 12.4. The predicted octanol–water partition coefficient (Wildman–Crippen LogP) is 5.58. The summed E-state index contributed by atoms with van der Waals surface area (Å²) in [6.07, 6.45) is 11.7. The van der Waals surface area contributed by atoms with Crippen molar-refractivity contribution in [3.63, 3.8) is 0 Å². The zero-order valence-corrected chi connectivity index (χ0v) is 12.2. The molecule has 0 amide bonds. The van der Waals surface area contributed by atoms with Crippen LogP contribution < -0.4 is 0 Å². The maximum Gasteiger partial charge on any atom is 0.154 e. The molecule has 96 valence electrons. The Kier molecular flexibility index (Phi) is 4.39. The smallest absolute Gasteiger partial charge is 0.0897 e. The minimum absolute atomic E-state index is 0.816. The van der Waals surface area contributed by atoms with Gasteiger partial charge in [-0.1, -0.05) is 75.7 Å². The topological polar surface area (TPSA) is 0 Å². The molecular formula is C16H29B. The molecule has 2 aliphatic rings. The summed E-state index contributed by atoms with van der Waals surface area (Å²) in [4.78, 5) is 0. The highest BCUT2D eigenvalue weighted by Gasteiger charge is 2.43. The Balaban J connectivity index is 2.19. The van der Waals surface area contributed by atoms with E-state index in [1.807, 2.05) is 0 Å². The molecule has 17 heavy (non-hydrogen) atoms. The average molecular weight is 232 g/mol. The highest BCUT2D eigenvalue weighted by atomic mass is 14.3.